The molecule has 2 aromatic heterocycles. The first kappa shape index (κ1) is 14.3. The molecule has 0 bridgehead atoms. The van der Waals surface area contributed by atoms with E-state index in [-0.39, 0.29) is 11.3 Å². The third-order valence-electron chi connectivity index (χ3n) is 3.16. The predicted molar refractivity (Wildman–Crippen MR) is 86.3 cm³/mol. The number of thiophene rings is 1. The smallest absolute Gasteiger partial charge is 0.282 e. The van der Waals surface area contributed by atoms with Crippen LogP contribution in [0.3, 0.4) is 0 Å². The van der Waals surface area contributed by atoms with Crippen molar-refractivity contribution < 1.29 is 9.84 Å². The van der Waals surface area contributed by atoms with Crippen LogP contribution in [-0.2, 0) is 0 Å². The molecule has 112 valence electrons. The van der Waals surface area contributed by atoms with E-state index in [1.165, 1.54) is 35.4 Å². The lowest BCUT2D eigenvalue weighted by Crippen LogP contribution is -2.19. The maximum atomic E-state index is 12.3. The summed E-state index contributed by atoms with van der Waals surface area (Å²) in [7, 11) is 1.48. The minimum absolute atomic E-state index is 0.0157. The summed E-state index contributed by atoms with van der Waals surface area (Å²) in [6.45, 7) is 1.73. The molecule has 6 nitrogen and oxygen atoms in total. The van der Waals surface area contributed by atoms with Gasteiger partial charge in [-0.1, -0.05) is 0 Å². The van der Waals surface area contributed by atoms with Gasteiger partial charge in [0, 0.05) is 0 Å². The molecule has 3 aromatic rings. The molecule has 0 unspecified atom stereocenters. The second kappa shape index (κ2) is 5.61. The number of aryl methyl sites for hydroxylation is 1. The van der Waals surface area contributed by atoms with Crippen molar-refractivity contribution in [2.24, 2.45) is 5.10 Å². The lowest BCUT2D eigenvalue weighted by molar-refractivity contribution is 0.373. The molecular formula is C15H13N3O3S. The van der Waals surface area contributed by atoms with Crippen molar-refractivity contribution in [2.45, 2.75) is 6.92 Å². The van der Waals surface area contributed by atoms with Crippen molar-refractivity contribution in [3.05, 3.63) is 51.4 Å². The van der Waals surface area contributed by atoms with Crippen LogP contribution in [0.15, 0.2) is 39.5 Å². The zero-order chi connectivity index (χ0) is 15.7. The Bertz CT molecular complexity index is 927. The number of fused-ring (bicyclic) bond motifs is 1. The highest BCUT2D eigenvalue weighted by Gasteiger charge is 2.08. The SMILES string of the molecule is COc1ccc(/C=N\n2c(C)nc3sccc3c2=O)cc1O. The van der Waals surface area contributed by atoms with E-state index in [9.17, 15) is 9.90 Å². The summed E-state index contributed by atoms with van der Waals surface area (Å²) in [5.41, 5.74) is 0.438. The number of phenolic OH excluding ortho intramolecular Hbond substituents is 1. The van der Waals surface area contributed by atoms with Gasteiger partial charge >= 0.3 is 0 Å². The number of hydrogen-bond acceptors (Lipinski definition) is 6. The normalized spacial score (nSPS) is 11.4. The van der Waals surface area contributed by atoms with Crippen molar-refractivity contribution in [1.29, 1.82) is 0 Å². The Morgan fingerprint density at radius 2 is 2.23 bits per heavy atom. The molecule has 0 amide bonds. The molecule has 0 aliphatic carbocycles. The van der Waals surface area contributed by atoms with Gasteiger partial charge in [0.15, 0.2) is 11.5 Å². The molecule has 7 heteroatoms. The third-order valence-corrected chi connectivity index (χ3v) is 3.97. The van der Waals surface area contributed by atoms with Gasteiger partial charge < -0.3 is 9.84 Å². The molecule has 1 aromatic carbocycles. The first-order valence-corrected chi connectivity index (χ1v) is 7.36. The van der Waals surface area contributed by atoms with Crippen molar-refractivity contribution in [1.82, 2.24) is 9.66 Å². The first-order valence-electron chi connectivity index (χ1n) is 6.48. The fourth-order valence-electron chi connectivity index (χ4n) is 2.05. The van der Waals surface area contributed by atoms with E-state index >= 15 is 0 Å². The highest BCUT2D eigenvalue weighted by Crippen LogP contribution is 2.25. The summed E-state index contributed by atoms with van der Waals surface area (Å²) in [5, 5.41) is 16.3. The van der Waals surface area contributed by atoms with Crippen LogP contribution in [0.25, 0.3) is 10.2 Å². The third kappa shape index (κ3) is 2.46. The number of benzene rings is 1. The average Bonchev–Trinajstić information content (AvgIpc) is 2.95. The number of phenols is 1. The van der Waals surface area contributed by atoms with Gasteiger partial charge in [0.05, 0.1) is 18.7 Å². The Morgan fingerprint density at radius 3 is 2.95 bits per heavy atom. The Balaban J connectivity index is 2.02. The second-order valence-corrected chi connectivity index (χ2v) is 5.49. The van der Waals surface area contributed by atoms with Gasteiger partial charge in [-0.15, -0.1) is 11.3 Å². The van der Waals surface area contributed by atoms with Crippen LogP contribution in [0.2, 0.25) is 0 Å². The number of ether oxygens (including phenoxy) is 1. The number of rotatable bonds is 3. The fourth-order valence-corrected chi connectivity index (χ4v) is 2.85. The molecule has 0 atom stereocenters. The van der Waals surface area contributed by atoms with Crippen molar-refractivity contribution in [2.75, 3.05) is 7.11 Å². The van der Waals surface area contributed by atoms with Gasteiger partial charge in [0.1, 0.15) is 10.7 Å². The zero-order valence-electron chi connectivity index (χ0n) is 12.0. The Kier molecular flexibility index (Phi) is 3.64. The van der Waals surface area contributed by atoms with E-state index in [0.717, 1.165) is 0 Å². The summed E-state index contributed by atoms with van der Waals surface area (Å²) in [6, 6.07) is 6.62. The van der Waals surface area contributed by atoms with Gasteiger partial charge in [-0.05, 0) is 42.1 Å². The van der Waals surface area contributed by atoms with Gasteiger partial charge in [-0.2, -0.15) is 9.78 Å². The maximum absolute atomic E-state index is 12.3. The van der Waals surface area contributed by atoms with E-state index in [4.69, 9.17) is 4.74 Å². The summed E-state index contributed by atoms with van der Waals surface area (Å²) >= 11 is 1.42. The topological polar surface area (TPSA) is 76.7 Å². The quantitative estimate of drug-likeness (QED) is 0.753. The molecule has 0 saturated carbocycles. The van der Waals surface area contributed by atoms with E-state index in [1.807, 2.05) is 5.38 Å². The summed E-state index contributed by atoms with van der Waals surface area (Å²) in [6.07, 6.45) is 1.49. The van der Waals surface area contributed by atoms with E-state index in [1.54, 1.807) is 25.1 Å². The number of aromatic hydroxyl groups is 1. The molecule has 1 N–H and O–H groups in total. The van der Waals surface area contributed by atoms with Crippen LogP contribution in [-0.4, -0.2) is 28.1 Å². The van der Waals surface area contributed by atoms with Crippen LogP contribution >= 0.6 is 11.3 Å². The van der Waals surface area contributed by atoms with Crippen LogP contribution in [0.4, 0.5) is 0 Å². The van der Waals surface area contributed by atoms with Gasteiger partial charge in [0.2, 0.25) is 0 Å². The predicted octanol–water partition coefficient (Wildman–Crippen LogP) is 2.36. The largest absolute Gasteiger partial charge is 0.504 e. The van der Waals surface area contributed by atoms with E-state index < -0.39 is 0 Å². The minimum atomic E-state index is -0.210. The van der Waals surface area contributed by atoms with E-state index in [2.05, 4.69) is 10.1 Å². The van der Waals surface area contributed by atoms with Crippen LogP contribution in [0, 0.1) is 6.92 Å². The van der Waals surface area contributed by atoms with Crippen LogP contribution < -0.4 is 10.3 Å². The Labute approximate surface area is 129 Å². The lowest BCUT2D eigenvalue weighted by atomic mass is 10.2. The molecule has 3 rings (SSSR count). The minimum Gasteiger partial charge on any atom is -0.504 e. The first-order chi connectivity index (χ1) is 10.6. The number of hydrogen-bond donors (Lipinski definition) is 1. The van der Waals surface area contributed by atoms with E-state index in [0.29, 0.717) is 27.4 Å². The molecular weight excluding hydrogens is 302 g/mol. The maximum Gasteiger partial charge on any atom is 0.282 e. The Morgan fingerprint density at radius 1 is 1.41 bits per heavy atom. The second-order valence-electron chi connectivity index (χ2n) is 4.59. The molecule has 0 spiro atoms. The van der Waals surface area contributed by atoms with Crippen LogP contribution in [0.1, 0.15) is 11.4 Å². The monoisotopic (exact) mass is 315 g/mol. The van der Waals surface area contributed by atoms with Gasteiger partial charge in [-0.25, -0.2) is 4.98 Å². The van der Waals surface area contributed by atoms with Gasteiger partial charge in [-0.3, -0.25) is 4.79 Å². The summed E-state index contributed by atoms with van der Waals surface area (Å²) < 4.78 is 6.23. The van der Waals surface area contributed by atoms with Gasteiger partial charge in [0.25, 0.3) is 5.56 Å². The number of methoxy groups -OCH3 is 1. The highest BCUT2D eigenvalue weighted by atomic mass is 32.1. The molecule has 0 aliphatic rings. The molecule has 0 saturated heterocycles. The molecule has 22 heavy (non-hydrogen) atoms. The summed E-state index contributed by atoms with van der Waals surface area (Å²) in [5.74, 6) is 0.905. The van der Waals surface area contributed by atoms with Crippen LogP contribution in [0.5, 0.6) is 11.5 Å². The highest BCUT2D eigenvalue weighted by molar-refractivity contribution is 7.16. The molecule has 0 fully saturated rings. The molecule has 0 radical (unpaired) electrons. The van der Waals surface area contributed by atoms with Crippen molar-refractivity contribution in [3.8, 4) is 11.5 Å². The average molecular weight is 315 g/mol. The number of nitrogens with zero attached hydrogens (tertiary/aromatic N) is 3. The lowest BCUT2D eigenvalue weighted by Gasteiger charge is -2.04. The molecule has 0 aliphatic heterocycles. The fraction of sp³-hybridized carbons (Fsp3) is 0.133. The zero-order valence-corrected chi connectivity index (χ0v) is 12.8. The number of aromatic nitrogens is 2. The van der Waals surface area contributed by atoms with Crippen molar-refractivity contribution >= 4 is 27.8 Å². The summed E-state index contributed by atoms with van der Waals surface area (Å²) in [4.78, 5) is 17.4. The Hall–Kier alpha value is -2.67. The van der Waals surface area contributed by atoms with Crippen molar-refractivity contribution in [3.63, 3.8) is 0 Å². The standard InChI is InChI=1S/C15H13N3O3S/c1-9-17-14-11(5-6-22-14)15(20)18(9)16-8-10-3-4-13(21-2)12(19)7-10/h3-8,19H,1-2H3/b16-8-. The molecule has 2 heterocycles.